The summed E-state index contributed by atoms with van der Waals surface area (Å²) in [6.45, 7) is 0. The highest BCUT2D eigenvalue weighted by molar-refractivity contribution is 6.00. The van der Waals surface area contributed by atoms with E-state index in [1.807, 2.05) is 0 Å². The van der Waals surface area contributed by atoms with E-state index in [1.54, 1.807) is 36.7 Å². The maximum absolute atomic E-state index is 13.7. The lowest BCUT2D eigenvalue weighted by molar-refractivity contribution is -0.137. The van der Waals surface area contributed by atoms with Crippen molar-refractivity contribution in [3.63, 3.8) is 0 Å². The van der Waals surface area contributed by atoms with Gasteiger partial charge in [0.25, 0.3) is 0 Å². The molecule has 0 unspecified atom stereocenters. The number of halogens is 4. The van der Waals surface area contributed by atoms with Crippen LogP contribution in [0.2, 0.25) is 0 Å². The van der Waals surface area contributed by atoms with Gasteiger partial charge in [0.05, 0.1) is 16.9 Å². The molecule has 1 heterocycles. The summed E-state index contributed by atoms with van der Waals surface area (Å²) in [5.41, 5.74) is 6.71. The molecule has 3 aromatic rings. The van der Waals surface area contributed by atoms with Gasteiger partial charge in [-0.2, -0.15) is 13.2 Å². The Morgan fingerprint density at radius 3 is 2.30 bits per heavy atom. The SMILES string of the molecule is Nc1c[nH]cc1-c1ccc(NC(=O)Nc2cc(C(F)(F)F)ccc2F)cc1. The van der Waals surface area contributed by atoms with Gasteiger partial charge in [0.1, 0.15) is 5.82 Å². The molecule has 0 atom stereocenters. The molecular formula is C18H14F4N4O. The second kappa shape index (κ2) is 7.02. The zero-order valence-electron chi connectivity index (χ0n) is 13.7. The van der Waals surface area contributed by atoms with Crippen LogP contribution in [-0.4, -0.2) is 11.0 Å². The van der Waals surface area contributed by atoms with E-state index >= 15 is 0 Å². The number of carbonyl (C=O) groups excluding carboxylic acids is 1. The number of anilines is 3. The van der Waals surface area contributed by atoms with Gasteiger partial charge in [0, 0.05) is 23.6 Å². The van der Waals surface area contributed by atoms with Crippen molar-refractivity contribution in [1.29, 1.82) is 0 Å². The van der Waals surface area contributed by atoms with E-state index in [-0.39, 0.29) is 0 Å². The van der Waals surface area contributed by atoms with Crippen molar-refractivity contribution < 1.29 is 22.4 Å². The van der Waals surface area contributed by atoms with Crippen LogP contribution in [0.15, 0.2) is 54.9 Å². The van der Waals surface area contributed by atoms with Crippen molar-refractivity contribution in [2.45, 2.75) is 6.18 Å². The summed E-state index contributed by atoms with van der Waals surface area (Å²) in [5, 5.41) is 4.50. The van der Waals surface area contributed by atoms with Crippen LogP contribution in [0.25, 0.3) is 11.1 Å². The molecular weight excluding hydrogens is 364 g/mol. The summed E-state index contributed by atoms with van der Waals surface area (Å²) in [4.78, 5) is 14.8. The number of aromatic nitrogens is 1. The van der Waals surface area contributed by atoms with Crippen molar-refractivity contribution in [2.75, 3.05) is 16.4 Å². The van der Waals surface area contributed by atoms with E-state index < -0.39 is 29.3 Å². The molecule has 0 aliphatic carbocycles. The van der Waals surface area contributed by atoms with Crippen LogP contribution in [0, 0.1) is 5.82 Å². The highest BCUT2D eigenvalue weighted by Gasteiger charge is 2.31. The highest BCUT2D eigenvalue weighted by atomic mass is 19.4. The second-order valence-corrected chi connectivity index (χ2v) is 5.67. The fourth-order valence-corrected chi connectivity index (χ4v) is 2.44. The third-order valence-electron chi connectivity index (χ3n) is 3.77. The number of nitrogens with one attached hydrogen (secondary N) is 3. The molecule has 5 N–H and O–H groups in total. The van der Waals surface area contributed by atoms with Crippen LogP contribution in [0.4, 0.5) is 39.4 Å². The molecule has 27 heavy (non-hydrogen) atoms. The average molecular weight is 378 g/mol. The summed E-state index contributed by atoms with van der Waals surface area (Å²) in [7, 11) is 0. The van der Waals surface area contributed by atoms with Crippen molar-refractivity contribution in [3.05, 3.63) is 66.2 Å². The second-order valence-electron chi connectivity index (χ2n) is 5.67. The molecule has 0 radical (unpaired) electrons. The summed E-state index contributed by atoms with van der Waals surface area (Å²) in [5.74, 6) is -0.976. The topological polar surface area (TPSA) is 82.9 Å². The quantitative estimate of drug-likeness (QED) is 0.480. The van der Waals surface area contributed by atoms with E-state index in [1.165, 1.54) is 0 Å². The smallest absolute Gasteiger partial charge is 0.397 e. The van der Waals surface area contributed by atoms with Crippen molar-refractivity contribution in [3.8, 4) is 11.1 Å². The lowest BCUT2D eigenvalue weighted by Crippen LogP contribution is -2.20. The Balaban J connectivity index is 1.70. The van der Waals surface area contributed by atoms with Crippen molar-refractivity contribution in [2.24, 2.45) is 0 Å². The first-order chi connectivity index (χ1) is 12.7. The van der Waals surface area contributed by atoms with Crippen LogP contribution in [0.3, 0.4) is 0 Å². The number of benzene rings is 2. The number of H-pyrrole nitrogens is 1. The van der Waals surface area contributed by atoms with Crippen LogP contribution < -0.4 is 16.4 Å². The minimum Gasteiger partial charge on any atom is -0.397 e. The maximum atomic E-state index is 13.7. The molecule has 140 valence electrons. The molecule has 2 amide bonds. The van der Waals surface area contributed by atoms with E-state index in [0.29, 0.717) is 29.6 Å². The molecule has 1 aromatic heterocycles. The van der Waals surface area contributed by atoms with Gasteiger partial charge in [-0.15, -0.1) is 0 Å². The molecule has 0 saturated heterocycles. The molecule has 0 bridgehead atoms. The number of nitrogen functional groups attached to an aromatic ring is 1. The Morgan fingerprint density at radius 2 is 1.70 bits per heavy atom. The number of hydrogen-bond donors (Lipinski definition) is 4. The van der Waals surface area contributed by atoms with Crippen LogP contribution in [0.5, 0.6) is 0 Å². The number of carbonyl (C=O) groups is 1. The molecule has 2 aromatic carbocycles. The summed E-state index contributed by atoms with van der Waals surface area (Å²) < 4.78 is 51.8. The fraction of sp³-hybridized carbons (Fsp3) is 0.0556. The Kier molecular flexibility index (Phi) is 4.76. The first-order valence-electron chi connectivity index (χ1n) is 7.71. The number of alkyl halides is 3. The number of rotatable bonds is 3. The summed E-state index contributed by atoms with van der Waals surface area (Å²) >= 11 is 0. The lowest BCUT2D eigenvalue weighted by Gasteiger charge is -2.12. The van der Waals surface area contributed by atoms with Gasteiger partial charge in [-0.1, -0.05) is 12.1 Å². The number of amides is 2. The lowest BCUT2D eigenvalue weighted by atomic mass is 10.1. The van der Waals surface area contributed by atoms with E-state index in [0.717, 1.165) is 11.1 Å². The third kappa shape index (κ3) is 4.20. The standard InChI is InChI=1S/C18H14F4N4O/c19-14-6-3-11(18(20,21)22)7-16(14)26-17(27)25-12-4-1-10(2-5-12)13-8-24-9-15(13)23/h1-9,24H,23H2,(H2,25,26,27). The molecule has 5 nitrogen and oxygen atoms in total. The summed E-state index contributed by atoms with van der Waals surface area (Å²) in [6, 6.07) is 7.50. The van der Waals surface area contributed by atoms with Gasteiger partial charge in [0.2, 0.25) is 0 Å². The third-order valence-corrected chi connectivity index (χ3v) is 3.77. The van der Waals surface area contributed by atoms with Crippen LogP contribution in [0.1, 0.15) is 5.56 Å². The number of aromatic amines is 1. The Bertz CT molecular complexity index is 964. The van der Waals surface area contributed by atoms with Gasteiger partial charge in [-0.25, -0.2) is 9.18 Å². The molecule has 0 aliphatic heterocycles. The molecule has 0 saturated carbocycles. The molecule has 3 rings (SSSR count). The highest BCUT2D eigenvalue weighted by Crippen LogP contribution is 2.32. The van der Waals surface area contributed by atoms with E-state index in [2.05, 4.69) is 15.6 Å². The van der Waals surface area contributed by atoms with Crippen molar-refractivity contribution in [1.82, 2.24) is 4.98 Å². The van der Waals surface area contributed by atoms with Crippen molar-refractivity contribution >= 4 is 23.1 Å². The Morgan fingerprint density at radius 1 is 1.00 bits per heavy atom. The first kappa shape index (κ1) is 18.3. The van der Waals surface area contributed by atoms with Gasteiger partial charge >= 0.3 is 12.2 Å². The largest absolute Gasteiger partial charge is 0.416 e. The molecule has 0 spiro atoms. The normalized spacial score (nSPS) is 11.3. The van der Waals surface area contributed by atoms with E-state index in [4.69, 9.17) is 5.73 Å². The zero-order valence-corrected chi connectivity index (χ0v) is 13.7. The minimum atomic E-state index is -4.64. The summed E-state index contributed by atoms with van der Waals surface area (Å²) in [6.07, 6.45) is -1.28. The minimum absolute atomic E-state index is 0.373. The first-order valence-corrected chi connectivity index (χ1v) is 7.71. The number of urea groups is 1. The fourth-order valence-electron chi connectivity index (χ4n) is 2.44. The van der Waals surface area contributed by atoms with Gasteiger partial charge in [-0.05, 0) is 35.9 Å². The molecule has 0 fully saturated rings. The number of hydrogen-bond acceptors (Lipinski definition) is 2. The monoisotopic (exact) mass is 378 g/mol. The predicted molar refractivity (Wildman–Crippen MR) is 94.7 cm³/mol. The number of nitrogens with two attached hydrogens (primary N) is 1. The molecule has 9 heteroatoms. The van der Waals surface area contributed by atoms with Gasteiger partial charge in [-0.3, -0.25) is 0 Å². The van der Waals surface area contributed by atoms with Crippen LogP contribution in [-0.2, 0) is 6.18 Å². The Hall–Kier alpha value is -3.49. The predicted octanol–water partition coefficient (Wildman–Crippen LogP) is 5.07. The molecule has 0 aliphatic rings. The van der Waals surface area contributed by atoms with E-state index in [9.17, 15) is 22.4 Å². The maximum Gasteiger partial charge on any atom is 0.416 e. The average Bonchev–Trinajstić information content (AvgIpc) is 3.02. The zero-order chi connectivity index (χ0) is 19.6. The van der Waals surface area contributed by atoms with Crippen LogP contribution >= 0.6 is 0 Å². The van der Waals surface area contributed by atoms with Gasteiger partial charge in [0.15, 0.2) is 0 Å². The van der Waals surface area contributed by atoms with Gasteiger partial charge < -0.3 is 21.4 Å². The Labute approximate surface area is 151 Å².